The molecule has 1 aromatic rings. The fourth-order valence-electron chi connectivity index (χ4n) is 1.42. The topological polar surface area (TPSA) is 9.23 Å². The van der Waals surface area contributed by atoms with Crippen molar-refractivity contribution >= 4 is 0 Å². The Labute approximate surface area is 101 Å². The molecule has 0 fully saturated rings. The van der Waals surface area contributed by atoms with E-state index in [4.69, 9.17) is 0 Å². The van der Waals surface area contributed by atoms with E-state index in [9.17, 15) is 35.1 Å². The van der Waals surface area contributed by atoms with Crippen LogP contribution in [0.25, 0.3) is 0 Å². The van der Waals surface area contributed by atoms with Crippen LogP contribution in [-0.2, 0) is 12.4 Å². The lowest BCUT2D eigenvalue weighted by Gasteiger charge is -2.18. The third-order valence-corrected chi connectivity index (χ3v) is 2.21. The van der Waals surface area contributed by atoms with Gasteiger partial charge in [-0.25, -0.2) is 8.78 Å². The highest BCUT2D eigenvalue weighted by Crippen LogP contribution is 2.44. The molecule has 0 saturated carbocycles. The van der Waals surface area contributed by atoms with Gasteiger partial charge in [0.2, 0.25) is 0 Å². The van der Waals surface area contributed by atoms with Crippen molar-refractivity contribution < 1.29 is 39.9 Å². The maximum atomic E-state index is 12.6. The van der Waals surface area contributed by atoms with E-state index in [0.717, 1.165) is 0 Å². The number of methoxy groups -OCH3 is 1. The first-order valence-electron chi connectivity index (χ1n) is 4.63. The van der Waals surface area contributed by atoms with Crippen molar-refractivity contribution in [2.24, 2.45) is 0 Å². The van der Waals surface area contributed by atoms with E-state index in [1.54, 1.807) is 0 Å². The lowest BCUT2D eigenvalue weighted by atomic mass is 10.0. The average Bonchev–Trinajstić information content (AvgIpc) is 2.24. The minimum Gasteiger partial charge on any atom is -0.496 e. The summed E-state index contributed by atoms with van der Waals surface area (Å²) in [6.07, 6.45) is -14.1. The van der Waals surface area contributed by atoms with E-state index >= 15 is 0 Å². The molecule has 0 saturated heterocycles. The third kappa shape index (κ3) is 3.27. The Morgan fingerprint density at radius 1 is 0.947 bits per heavy atom. The maximum Gasteiger partial charge on any atom is 0.417 e. The molecule has 1 rings (SSSR count). The first-order chi connectivity index (χ1) is 8.48. The summed E-state index contributed by atoms with van der Waals surface area (Å²) in [7, 11) is 0.710. The zero-order valence-corrected chi connectivity index (χ0v) is 9.16. The molecule has 9 heteroatoms. The van der Waals surface area contributed by atoms with Crippen LogP contribution in [0.5, 0.6) is 5.75 Å². The molecule has 0 aliphatic rings. The average molecular weight is 294 g/mol. The van der Waals surface area contributed by atoms with Gasteiger partial charge < -0.3 is 4.74 Å². The summed E-state index contributed by atoms with van der Waals surface area (Å²) in [6, 6.07) is -0.249. The Hall–Kier alpha value is -1.54. The Morgan fingerprint density at radius 2 is 1.47 bits per heavy atom. The molecule has 0 spiro atoms. The van der Waals surface area contributed by atoms with Crippen LogP contribution >= 0.6 is 0 Å². The summed E-state index contributed by atoms with van der Waals surface area (Å²) in [5.41, 5.74) is -5.38. The molecule has 0 aromatic heterocycles. The second-order valence-corrected chi connectivity index (χ2v) is 3.44. The van der Waals surface area contributed by atoms with E-state index in [1.807, 2.05) is 0 Å². The normalized spacial score (nSPS) is 12.9. The molecule has 108 valence electrons. The van der Waals surface area contributed by atoms with Gasteiger partial charge >= 0.3 is 12.4 Å². The van der Waals surface area contributed by atoms with Crippen molar-refractivity contribution in [2.75, 3.05) is 7.11 Å². The zero-order chi connectivity index (χ0) is 15.0. The summed E-state index contributed by atoms with van der Waals surface area (Å²) >= 11 is 0. The molecule has 1 aromatic carbocycles. The van der Waals surface area contributed by atoms with Gasteiger partial charge in [-0.2, -0.15) is 26.3 Å². The van der Waals surface area contributed by atoms with Gasteiger partial charge in [-0.05, 0) is 12.1 Å². The number of benzene rings is 1. The van der Waals surface area contributed by atoms with Crippen LogP contribution in [-0.4, -0.2) is 7.11 Å². The Morgan fingerprint density at radius 3 is 1.79 bits per heavy atom. The third-order valence-electron chi connectivity index (χ3n) is 2.21. The Kier molecular flexibility index (Phi) is 3.97. The predicted molar refractivity (Wildman–Crippen MR) is 48.0 cm³/mol. The molecule has 0 aliphatic carbocycles. The standard InChI is InChI=1S/C10H6F8O/c1-19-6-3-4(9(13,14)15)2-5(10(16,17)18)7(6)8(11)12/h2-3,8H,1H3. The zero-order valence-electron chi connectivity index (χ0n) is 9.16. The first kappa shape index (κ1) is 15.5. The van der Waals surface area contributed by atoms with Gasteiger partial charge in [0.25, 0.3) is 6.43 Å². The van der Waals surface area contributed by atoms with Crippen LogP contribution in [0.2, 0.25) is 0 Å². The lowest BCUT2D eigenvalue weighted by molar-refractivity contribution is -0.144. The van der Waals surface area contributed by atoms with Crippen molar-refractivity contribution in [1.82, 2.24) is 0 Å². The maximum absolute atomic E-state index is 12.6. The molecule has 0 heterocycles. The lowest BCUT2D eigenvalue weighted by Crippen LogP contribution is -2.15. The largest absolute Gasteiger partial charge is 0.496 e. The highest BCUT2D eigenvalue weighted by atomic mass is 19.4. The minimum absolute atomic E-state index is 0.108. The summed E-state index contributed by atoms with van der Waals surface area (Å²) in [5, 5.41) is 0. The van der Waals surface area contributed by atoms with Crippen LogP contribution in [0.15, 0.2) is 12.1 Å². The molecule has 0 radical (unpaired) electrons. The van der Waals surface area contributed by atoms with Gasteiger partial charge in [0.05, 0.1) is 23.8 Å². The quantitative estimate of drug-likeness (QED) is 0.720. The van der Waals surface area contributed by atoms with Crippen molar-refractivity contribution in [3.63, 3.8) is 0 Å². The monoisotopic (exact) mass is 294 g/mol. The predicted octanol–water partition coefficient (Wildman–Crippen LogP) is 4.67. The molecule has 0 atom stereocenters. The molecule has 0 bridgehead atoms. The van der Waals surface area contributed by atoms with Gasteiger partial charge in [0, 0.05) is 0 Å². The molecule has 0 aliphatic heterocycles. The second-order valence-electron chi connectivity index (χ2n) is 3.44. The van der Waals surface area contributed by atoms with E-state index in [0.29, 0.717) is 7.11 Å². The van der Waals surface area contributed by atoms with Crippen LogP contribution < -0.4 is 4.74 Å². The summed E-state index contributed by atoms with van der Waals surface area (Å²) in [4.78, 5) is 0. The fraction of sp³-hybridized carbons (Fsp3) is 0.400. The molecule has 0 amide bonds. The fourth-order valence-corrected chi connectivity index (χ4v) is 1.42. The summed E-state index contributed by atoms with van der Waals surface area (Å²) < 4.78 is 104. The number of halogens is 8. The number of ether oxygens (including phenoxy) is 1. The van der Waals surface area contributed by atoms with Gasteiger partial charge in [-0.3, -0.25) is 0 Å². The molecule has 19 heavy (non-hydrogen) atoms. The van der Waals surface area contributed by atoms with Crippen LogP contribution in [0, 0.1) is 0 Å². The number of hydrogen-bond acceptors (Lipinski definition) is 1. The second kappa shape index (κ2) is 4.86. The Bertz CT molecular complexity index is 460. The van der Waals surface area contributed by atoms with Gasteiger partial charge in [-0.15, -0.1) is 0 Å². The number of alkyl halides is 8. The molecule has 1 nitrogen and oxygen atoms in total. The van der Waals surface area contributed by atoms with Crippen molar-refractivity contribution in [2.45, 2.75) is 18.8 Å². The SMILES string of the molecule is COc1cc(C(F)(F)F)cc(C(F)(F)F)c1C(F)F. The van der Waals surface area contributed by atoms with Crippen LogP contribution in [0.1, 0.15) is 23.1 Å². The van der Waals surface area contributed by atoms with E-state index in [2.05, 4.69) is 4.74 Å². The van der Waals surface area contributed by atoms with Crippen LogP contribution in [0.3, 0.4) is 0 Å². The van der Waals surface area contributed by atoms with E-state index in [1.165, 1.54) is 0 Å². The van der Waals surface area contributed by atoms with E-state index < -0.39 is 41.2 Å². The molecular formula is C10H6F8O. The molecule has 0 unspecified atom stereocenters. The van der Waals surface area contributed by atoms with Crippen molar-refractivity contribution in [3.05, 3.63) is 28.8 Å². The number of hydrogen-bond donors (Lipinski definition) is 0. The number of rotatable bonds is 2. The van der Waals surface area contributed by atoms with Gasteiger partial charge in [0.1, 0.15) is 5.75 Å². The Balaban J connectivity index is 3.65. The highest BCUT2D eigenvalue weighted by molar-refractivity contribution is 5.47. The van der Waals surface area contributed by atoms with Gasteiger partial charge in [0.15, 0.2) is 0 Å². The minimum atomic E-state index is -5.35. The van der Waals surface area contributed by atoms with Gasteiger partial charge in [-0.1, -0.05) is 0 Å². The smallest absolute Gasteiger partial charge is 0.417 e. The van der Waals surface area contributed by atoms with E-state index in [-0.39, 0.29) is 12.1 Å². The van der Waals surface area contributed by atoms with Crippen LogP contribution in [0.4, 0.5) is 35.1 Å². The van der Waals surface area contributed by atoms with Crippen molar-refractivity contribution in [1.29, 1.82) is 0 Å². The molecular weight excluding hydrogens is 288 g/mol. The summed E-state index contributed by atoms with van der Waals surface area (Å²) in [5.74, 6) is -1.16. The molecule has 0 N–H and O–H groups in total. The summed E-state index contributed by atoms with van der Waals surface area (Å²) in [6.45, 7) is 0. The highest BCUT2D eigenvalue weighted by Gasteiger charge is 2.41. The first-order valence-corrected chi connectivity index (χ1v) is 4.63. The van der Waals surface area contributed by atoms with Crippen molar-refractivity contribution in [3.8, 4) is 5.75 Å².